The molecule has 1 rings (SSSR count). The van der Waals surface area contributed by atoms with Gasteiger partial charge in [0, 0.05) is 0 Å². The molecule has 0 saturated heterocycles. The van der Waals surface area contributed by atoms with Crippen LogP contribution in [0.1, 0.15) is 13.8 Å². The second kappa shape index (κ2) is 3.90. The van der Waals surface area contributed by atoms with E-state index in [1.807, 2.05) is 4.72 Å². The first kappa shape index (κ1) is 12.1. The Hall–Kier alpha value is -0.950. The summed E-state index contributed by atoms with van der Waals surface area (Å²) in [5, 5.41) is 0. The summed E-state index contributed by atoms with van der Waals surface area (Å²) < 4.78 is 54.4. The third-order valence-corrected chi connectivity index (χ3v) is 3.40. The van der Waals surface area contributed by atoms with Gasteiger partial charge < -0.3 is 4.42 Å². The Kier molecular flexibility index (Phi) is 3.15. The van der Waals surface area contributed by atoms with E-state index in [-0.39, 0.29) is 4.90 Å². The van der Waals surface area contributed by atoms with Gasteiger partial charge in [0.05, 0.1) is 11.8 Å². The smallest absolute Gasteiger partial charge is 0.256 e. The first-order chi connectivity index (χ1) is 6.76. The number of furan rings is 1. The minimum absolute atomic E-state index is 0.170. The van der Waals surface area contributed by atoms with Crippen LogP contribution in [0.3, 0.4) is 0 Å². The van der Waals surface area contributed by atoms with E-state index in [9.17, 15) is 17.2 Å². The van der Waals surface area contributed by atoms with E-state index in [4.69, 9.17) is 0 Å². The number of rotatable bonds is 4. The van der Waals surface area contributed by atoms with Crippen LogP contribution in [0.2, 0.25) is 0 Å². The lowest BCUT2D eigenvalue weighted by molar-refractivity contribution is 0.0644. The van der Waals surface area contributed by atoms with Crippen LogP contribution in [0, 0.1) is 0 Å². The highest BCUT2D eigenvalue weighted by Gasteiger charge is 2.34. The second-order valence-electron chi connectivity index (χ2n) is 3.59. The summed E-state index contributed by atoms with van der Waals surface area (Å²) >= 11 is 0. The van der Waals surface area contributed by atoms with Gasteiger partial charge in [0.15, 0.2) is 0 Å². The second-order valence-corrected chi connectivity index (χ2v) is 5.27. The molecule has 0 fully saturated rings. The monoisotopic (exact) mass is 239 g/mol. The average Bonchev–Trinajstić information content (AvgIpc) is 2.53. The predicted octanol–water partition coefficient (Wildman–Crippen LogP) is 1.60. The van der Waals surface area contributed by atoms with Crippen LogP contribution >= 0.6 is 0 Å². The van der Waals surface area contributed by atoms with Crippen molar-refractivity contribution in [2.45, 2.75) is 30.7 Å². The predicted molar refractivity (Wildman–Crippen MR) is 49.1 cm³/mol. The van der Waals surface area contributed by atoms with E-state index < -0.39 is 22.0 Å². The molecular weight excluding hydrogens is 228 g/mol. The number of sulfonamides is 1. The molecule has 0 bridgehead atoms. The zero-order chi connectivity index (χ0) is 11.7. The molecule has 0 atom stereocenters. The van der Waals surface area contributed by atoms with Crippen LogP contribution in [-0.2, 0) is 10.0 Å². The lowest BCUT2D eigenvalue weighted by Crippen LogP contribution is -2.48. The lowest BCUT2D eigenvalue weighted by atomic mass is 10.1. The van der Waals surface area contributed by atoms with Crippen molar-refractivity contribution in [1.82, 2.24) is 4.72 Å². The summed E-state index contributed by atoms with van der Waals surface area (Å²) in [6, 6.07) is 1.18. The van der Waals surface area contributed by atoms with Crippen molar-refractivity contribution in [1.29, 1.82) is 0 Å². The van der Waals surface area contributed by atoms with Gasteiger partial charge in [-0.15, -0.1) is 0 Å². The highest BCUT2D eigenvalue weighted by atomic mass is 32.2. The fourth-order valence-electron chi connectivity index (χ4n) is 0.855. The molecule has 4 nitrogen and oxygen atoms in total. The zero-order valence-electron chi connectivity index (χ0n) is 8.20. The summed E-state index contributed by atoms with van der Waals surface area (Å²) in [7, 11) is -3.94. The maximum Gasteiger partial charge on any atom is 0.256 e. The molecule has 0 aliphatic carbocycles. The number of alkyl halides is 2. The Morgan fingerprint density at radius 1 is 1.47 bits per heavy atom. The van der Waals surface area contributed by atoms with Gasteiger partial charge in [0.25, 0.3) is 6.43 Å². The van der Waals surface area contributed by atoms with E-state index in [0.29, 0.717) is 0 Å². The van der Waals surface area contributed by atoms with Crippen molar-refractivity contribution in [2.24, 2.45) is 0 Å². The molecule has 1 aromatic rings. The van der Waals surface area contributed by atoms with Crippen LogP contribution in [-0.4, -0.2) is 20.4 Å². The van der Waals surface area contributed by atoms with Crippen LogP contribution in [0.4, 0.5) is 8.78 Å². The topological polar surface area (TPSA) is 59.3 Å². The van der Waals surface area contributed by atoms with E-state index in [1.54, 1.807) is 0 Å². The van der Waals surface area contributed by atoms with E-state index in [2.05, 4.69) is 4.42 Å². The molecule has 1 N–H and O–H groups in total. The number of hydrogen-bond donors (Lipinski definition) is 1. The van der Waals surface area contributed by atoms with Crippen molar-refractivity contribution < 1.29 is 21.6 Å². The molecule has 15 heavy (non-hydrogen) atoms. The fraction of sp³-hybridized carbons (Fsp3) is 0.500. The zero-order valence-corrected chi connectivity index (χ0v) is 9.01. The Balaban J connectivity index is 2.92. The molecule has 0 unspecified atom stereocenters. The summed E-state index contributed by atoms with van der Waals surface area (Å²) in [5.74, 6) is 0. The van der Waals surface area contributed by atoms with Crippen LogP contribution in [0.5, 0.6) is 0 Å². The van der Waals surface area contributed by atoms with E-state index in [1.165, 1.54) is 6.07 Å². The third kappa shape index (κ3) is 2.75. The first-order valence-electron chi connectivity index (χ1n) is 4.10. The molecule has 86 valence electrons. The van der Waals surface area contributed by atoms with Crippen molar-refractivity contribution in [3.05, 3.63) is 18.6 Å². The summed E-state index contributed by atoms with van der Waals surface area (Å²) in [5.41, 5.74) is -1.81. The van der Waals surface area contributed by atoms with Gasteiger partial charge in [0.2, 0.25) is 10.0 Å². The van der Waals surface area contributed by atoms with Gasteiger partial charge in [-0.1, -0.05) is 0 Å². The lowest BCUT2D eigenvalue weighted by Gasteiger charge is -2.24. The largest absolute Gasteiger partial charge is 0.471 e. The Bertz CT molecular complexity index is 411. The number of halogens is 2. The summed E-state index contributed by atoms with van der Waals surface area (Å²) in [4.78, 5) is -0.170. The maximum atomic E-state index is 12.4. The number of nitrogens with one attached hydrogen (secondary N) is 1. The molecule has 0 aromatic carbocycles. The van der Waals surface area contributed by atoms with Gasteiger partial charge >= 0.3 is 0 Å². The molecule has 1 heterocycles. The Morgan fingerprint density at radius 2 is 2.07 bits per heavy atom. The van der Waals surface area contributed by atoms with Crippen molar-refractivity contribution in [3.8, 4) is 0 Å². The number of hydrogen-bond acceptors (Lipinski definition) is 3. The van der Waals surface area contributed by atoms with E-state index >= 15 is 0 Å². The Morgan fingerprint density at radius 3 is 2.47 bits per heavy atom. The van der Waals surface area contributed by atoms with Gasteiger partial charge in [-0.3, -0.25) is 0 Å². The quantitative estimate of drug-likeness (QED) is 0.868. The Labute approximate surface area is 86.3 Å². The van der Waals surface area contributed by atoms with Crippen LogP contribution in [0.15, 0.2) is 27.9 Å². The molecule has 0 aliphatic heterocycles. The molecular formula is C8H11F2NO3S. The van der Waals surface area contributed by atoms with Gasteiger partial charge in [-0.2, -0.15) is 4.72 Å². The fourth-order valence-corrected chi connectivity index (χ4v) is 2.17. The van der Waals surface area contributed by atoms with Crippen molar-refractivity contribution in [3.63, 3.8) is 0 Å². The van der Waals surface area contributed by atoms with Gasteiger partial charge in [-0.05, 0) is 19.9 Å². The van der Waals surface area contributed by atoms with Crippen LogP contribution < -0.4 is 4.72 Å². The van der Waals surface area contributed by atoms with Crippen LogP contribution in [0.25, 0.3) is 0 Å². The highest BCUT2D eigenvalue weighted by Crippen LogP contribution is 2.18. The summed E-state index contributed by atoms with van der Waals surface area (Å²) in [6.07, 6.45) is -0.660. The molecule has 1 aromatic heterocycles. The van der Waals surface area contributed by atoms with Crippen molar-refractivity contribution >= 4 is 10.0 Å². The third-order valence-electron chi connectivity index (χ3n) is 1.75. The van der Waals surface area contributed by atoms with E-state index in [0.717, 1.165) is 26.4 Å². The molecule has 0 radical (unpaired) electrons. The normalized spacial score (nSPS) is 13.4. The SMILES string of the molecule is CC(C)(NS(=O)(=O)c1ccoc1)C(F)F. The average molecular weight is 239 g/mol. The highest BCUT2D eigenvalue weighted by molar-refractivity contribution is 7.89. The molecule has 0 aliphatic rings. The van der Waals surface area contributed by atoms with Gasteiger partial charge in [0.1, 0.15) is 11.2 Å². The molecule has 0 saturated carbocycles. The summed E-state index contributed by atoms with van der Waals surface area (Å²) in [6.45, 7) is 2.21. The minimum atomic E-state index is -3.94. The minimum Gasteiger partial charge on any atom is -0.471 e. The molecule has 7 heteroatoms. The first-order valence-corrected chi connectivity index (χ1v) is 5.58. The van der Waals surface area contributed by atoms with Crippen molar-refractivity contribution in [2.75, 3.05) is 0 Å². The molecule has 0 amide bonds. The van der Waals surface area contributed by atoms with Gasteiger partial charge in [-0.25, -0.2) is 17.2 Å². The standard InChI is InChI=1S/C8H11F2NO3S/c1-8(2,7(9)10)11-15(12,13)6-3-4-14-5-6/h3-5,7,11H,1-2H3. The maximum absolute atomic E-state index is 12.4. The molecule has 0 spiro atoms.